The van der Waals surface area contributed by atoms with Gasteiger partial charge >= 0.3 is 17.1 Å². The van der Waals surface area contributed by atoms with Crippen molar-refractivity contribution in [1.29, 1.82) is 0 Å². The van der Waals surface area contributed by atoms with Crippen LogP contribution in [0.5, 0.6) is 0 Å². The van der Waals surface area contributed by atoms with E-state index in [1.54, 1.807) is 0 Å². The number of carbonyl (C=O) groups excluding carboxylic acids is 2. The van der Waals surface area contributed by atoms with E-state index in [-0.39, 0.29) is 28.6 Å². The first kappa shape index (κ1) is 39.7. The molecular weight excluding hydrogens is 528 g/mol. The molecule has 0 aromatic rings. The molecule has 0 fully saturated rings. The van der Waals surface area contributed by atoms with E-state index in [0.29, 0.717) is 0 Å². The van der Waals surface area contributed by atoms with Crippen LogP contribution in [0.1, 0.15) is 142 Å². The Labute approximate surface area is 236 Å². The number of unbranched alkanes of at least 4 members (excludes halogenated alkanes) is 18. The molecule has 0 saturated carbocycles. The zero-order valence-electron chi connectivity index (χ0n) is 22.7. The van der Waals surface area contributed by atoms with Crippen LogP contribution in [0.3, 0.4) is 0 Å². The summed E-state index contributed by atoms with van der Waals surface area (Å²) in [5, 5.41) is 20.3. The molecule has 0 spiro atoms. The number of carboxylic acid groups (broad SMARTS) is 2. The molecule has 4 nitrogen and oxygen atoms in total. The number of aliphatic carboxylic acids is 2. The molecule has 0 atom stereocenters. The van der Waals surface area contributed by atoms with E-state index < -0.39 is 11.9 Å². The molecule has 0 aliphatic rings. The number of carbonyl (C=O) groups is 2. The van der Waals surface area contributed by atoms with Gasteiger partial charge in [-0.05, 0) is 24.3 Å². The summed E-state index contributed by atoms with van der Waals surface area (Å²) in [6.45, 7) is 4.50. The first-order valence-electron chi connectivity index (χ1n) is 14.1. The summed E-state index contributed by atoms with van der Waals surface area (Å²) in [4.78, 5) is 20.3. The van der Waals surface area contributed by atoms with Crippen LogP contribution in [0.2, 0.25) is 0 Å². The van der Waals surface area contributed by atoms with Crippen LogP contribution >= 0.6 is 23.5 Å². The standard InChI is InChI=1S/2C14H28O2S.Cu/c2*1-2-3-4-5-6-7-8-9-10-11-12-17-13-14(15)16;/h2*2-13H2,1H3,(H,15,16);/q;;+2/p-2. The van der Waals surface area contributed by atoms with Gasteiger partial charge in [-0.2, -0.15) is 23.5 Å². The molecule has 0 aromatic carbocycles. The Bertz CT molecular complexity index is 388. The van der Waals surface area contributed by atoms with Crippen molar-refractivity contribution in [2.45, 2.75) is 142 Å². The van der Waals surface area contributed by atoms with E-state index in [1.807, 2.05) is 0 Å². The Morgan fingerprint density at radius 3 is 0.914 bits per heavy atom. The third-order valence-electron chi connectivity index (χ3n) is 5.72. The molecule has 0 bridgehead atoms. The Morgan fingerprint density at radius 1 is 0.457 bits per heavy atom. The van der Waals surface area contributed by atoms with Crippen LogP contribution in [0.4, 0.5) is 0 Å². The number of rotatable bonds is 26. The first-order chi connectivity index (χ1) is 16.5. The van der Waals surface area contributed by atoms with E-state index in [0.717, 1.165) is 24.3 Å². The topological polar surface area (TPSA) is 80.3 Å². The van der Waals surface area contributed by atoms with Gasteiger partial charge in [-0.15, -0.1) is 0 Å². The van der Waals surface area contributed by atoms with Gasteiger partial charge in [-0.1, -0.05) is 129 Å². The zero-order valence-corrected chi connectivity index (χ0v) is 25.3. The molecule has 0 saturated heterocycles. The van der Waals surface area contributed by atoms with E-state index in [4.69, 9.17) is 0 Å². The average Bonchev–Trinajstić information content (AvgIpc) is 2.80. The van der Waals surface area contributed by atoms with Crippen molar-refractivity contribution < 1.29 is 36.9 Å². The number of thioether (sulfide) groups is 2. The fraction of sp³-hybridized carbons (Fsp3) is 0.929. The minimum Gasteiger partial charge on any atom is -0.549 e. The minimum absolute atomic E-state index is 0. The van der Waals surface area contributed by atoms with Crippen molar-refractivity contribution in [1.82, 2.24) is 0 Å². The molecule has 0 aromatic heterocycles. The third kappa shape index (κ3) is 44.6. The van der Waals surface area contributed by atoms with Gasteiger partial charge in [0.1, 0.15) is 0 Å². The summed E-state index contributed by atoms with van der Waals surface area (Å²) in [7, 11) is 0. The van der Waals surface area contributed by atoms with E-state index in [9.17, 15) is 19.8 Å². The molecule has 0 unspecified atom stereocenters. The maximum absolute atomic E-state index is 10.1. The van der Waals surface area contributed by atoms with E-state index in [2.05, 4.69) is 13.8 Å². The van der Waals surface area contributed by atoms with Gasteiger partial charge in [0.05, 0.1) is 11.9 Å². The van der Waals surface area contributed by atoms with Crippen molar-refractivity contribution in [2.75, 3.05) is 23.0 Å². The molecule has 0 rings (SSSR count). The largest absolute Gasteiger partial charge is 2.00 e. The van der Waals surface area contributed by atoms with Crippen LogP contribution in [-0.2, 0) is 26.7 Å². The fourth-order valence-electron chi connectivity index (χ4n) is 3.69. The second kappa shape index (κ2) is 36.3. The van der Waals surface area contributed by atoms with Crippen LogP contribution in [0, 0.1) is 0 Å². The van der Waals surface area contributed by atoms with Gasteiger partial charge in [-0.3, -0.25) is 0 Å². The summed E-state index contributed by atoms with van der Waals surface area (Å²) in [6.07, 6.45) is 26.6. The van der Waals surface area contributed by atoms with Crippen molar-refractivity contribution in [3.8, 4) is 0 Å². The van der Waals surface area contributed by atoms with Crippen LogP contribution in [0.15, 0.2) is 0 Å². The van der Waals surface area contributed by atoms with Gasteiger partial charge in [0.25, 0.3) is 0 Å². The molecule has 1 radical (unpaired) electrons. The summed E-state index contributed by atoms with van der Waals surface area (Å²) in [5.74, 6) is 0.341. The van der Waals surface area contributed by atoms with Crippen LogP contribution < -0.4 is 10.2 Å². The Morgan fingerprint density at radius 2 is 0.686 bits per heavy atom. The predicted octanol–water partition coefficient (Wildman–Crippen LogP) is 6.78. The quantitative estimate of drug-likeness (QED) is 0.0827. The molecule has 0 N–H and O–H groups in total. The molecule has 0 amide bonds. The zero-order chi connectivity index (χ0) is 25.5. The predicted molar refractivity (Wildman–Crippen MR) is 148 cm³/mol. The minimum atomic E-state index is -0.943. The maximum Gasteiger partial charge on any atom is 2.00 e. The summed E-state index contributed by atoms with van der Waals surface area (Å²) >= 11 is 2.95. The van der Waals surface area contributed by atoms with Gasteiger partial charge < -0.3 is 19.8 Å². The fourth-order valence-corrected chi connectivity index (χ4v) is 5.13. The molecule has 0 aliphatic carbocycles. The second-order valence-electron chi connectivity index (χ2n) is 9.21. The van der Waals surface area contributed by atoms with Crippen LogP contribution in [0.25, 0.3) is 0 Å². The number of carboxylic acids is 2. The average molecular weight is 582 g/mol. The van der Waals surface area contributed by atoms with Crippen LogP contribution in [-0.4, -0.2) is 35.0 Å². The SMILES string of the molecule is CCCCCCCCCCCCSCC(=O)[O-].CCCCCCCCCCCCSCC(=O)[O-].[Cu+2]. The number of hydrogen-bond donors (Lipinski definition) is 0. The molecule has 213 valence electrons. The van der Waals surface area contributed by atoms with Crippen molar-refractivity contribution in [3.05, 3.63) is 0 Å². The molecular formula is C28H54CuO4S2. The Kier molecular flexibility index (Phi) is 41.2. The number of hydrogen-bond acceptors (Lipinski definition) is 6. The van der Waals surface area contributed by atoms with E-state index in [1.165, 1.54) is 139 Å². The van der Waals surface area contributed by atoms with Gasteiger partial charge in [0.2, 0.25) is 0 Å². The van der Waals surface area contributed by atoms with E-state index >= 15 is 0 Å². The smallest absolute Gasteiger partial charge is 0.549 e. The monoisotopic (exact) mass is 581 g/mol. The summed E-state index contributed by atoms with van der Waals surface area (Å²) in [6, 6.07) is 0. The molecule has 0 aliphatic heterocycles. The van der Waals surface area contributed by atoms with Crippen molar-refractivity contribution in [2.24, 2.45) is 0 Å². The van der Waals surface area contributed by atoms with Gasteiger partial charge in [-0.25, -0.2) is 0 Å². The Hall–Kier alpha value is 0.159. The first-order valence-corrected chi connectivity index (χ1v) is 16.4. The maximum atomic E-state index is 10.1. The third-order valence-corrected chi connectivity index (χ3v) is 7.76. The second-order valence-corrected chi connectivity index (χ2v) is 11.4. The normalized spacial score (nSPS) is 10.3. The summed E-state index contributed by atoms with van der Waals surface area (Å²) < 4.78 is 0. The molecule has 7 heteroatoms. The van der Waals surface area contributed by atoms with Crippen molar-refractivity contribution >= 4 is 35.5 Å². The molecule has 0 heterocycles. The van der Waals surface area contributed by atoms with Crippen molar-refractivity contribution in [3.63, 3.8) is 0 Å². The van der Waals surface area contributed by atoms with Gasteiger partial charge in [0.15, 0.2) is 0 Å². The molecule has 35 heavy (non-hydrogen) atoms. The summed E-state index contributed by atoms with van der Waals surface area (Å²) in [5.41, 5.74) is 0. The van der Waals surface area contributed by atoms with Gasteiger partial charge in [0, 0.05) is 11.5 Å². The Balaban J connectivity index is -0.000000569.